The van der Waals surface area contributed by atoms with E-state index in [1.165, 1.54) is 18.3 Å². The van der Waals surface area contributed by atoms with Crippen LogP contribution in [0.5, 0.6) is 5.88 Å². The van der Waals surface area contributed by atoms with Crippen molar-refractivity contribution in [1.82, 2.24) is 4.98 Å². The first kappa shape index (κ1) is 16.3. The molecule has 1 unspecified atom stereocenters. The molecule has 1 heterocycles. The van der Waals surface area contributed by atoms with Crippen LogP contribution in [0.3, 0.4) is 0 Å². The summed E-state index contributed by atoms with van der Waals surface area (Å²) in [6.45, 7) is 2.35. The molecule has 0 radical (unpaired) electrons. The molecular formula is C13H18F2N2O3. The third kappa shape index (κ3) is 5.92. The van der Waals surface area contributed by atoms with Gasteiger partial charge in [0.05, 0.1) is 6.42 Å². The second-order valence-electron chi connectivity index (χ2n) is 5.21. The van der Waals surface area contributed by atoms with E-state index >= 15 is 0 Å². The fourth-order valence-electron chi connectivity index (χ4n) is 1.45. The van der Waals surface area contributed by atoms with E-state index in [0.717, 1.165) is 0 Å². The van der Waals surface area contributed by atoms with Crippen LogP contribution in [0.4, 0.5) is 8.78 Å². The van der Waals surface area contributed by atoms with Gasteiger partial charge in [-0.2, -0.15) is 8.78 Å². The zero-order valence-electron chi connectivity index (χ0n) is 11.6. The number of pyridine rings is 1. The molecular weight excluding hydrogens is 270 g/mol. The van der Waals surface area contributed by atoms with Crippen molar-refractivity contribution in [3.8, 4) is 5.88 Å². The lowest BCUT2D eigenvalue weighted by Crippen LogP contribution is -2.26. The van der Waals surface area contributed by atoms with Crippen molar-refractivity contribution >= 4 is 5.97 Å². The molecule has 5 nitrogen and oxygen atoms in total. The molecule has 0 saturated heterocycles. The van der Waals surface area contributed by atoms with Crippen molar-refractivity contribution in [1.29, 1.82) is 0 Å². The van der Waals surface area contributed by atoms with Crippen molar-refractivity contribution in [2.45, 2.75) is 45.4 Å². The summed E-state index contributed by atoms with van der Waals surface area (Å²) >= 11 is 0. The lowest BCUT2D eigenvalue weighted by Gasteiger charge is -2.21. The highest BCUT2D eigenvalue weighted by molar-refractivity contribution is 5.70. The van der Waals surface area contributed by atoms with Gasteiger partial charge in [0.1, 0.15) is 5.60 Å². The monoisotopic (exact) mass is 288 g/mol. The van der Waals surface area contributed by atoms with E-state index < -0.39 is 24.2 Å². The van der Waals surface area contributed by atoms with E-state index in [-0.39, 0.29) is 12.3 Å². The minimum atomic E-state index is -2.93. The number of alkyl halides is 2. The predicted octanol–water partition coefficient (Wildman–Crippen LogP) is 2.41. The van der Waals surface area contributed by atoms with E-state index in [0.29, 0.717) is 5.56 Å². The van der Waals surface area contributed by atoms with Crippen LogP contribution < -0.4 is 10.5 Å². The number of nitrogens with zero attached hydrogens (tertiary/aromatic N) is 1. The number of carbonyl (C=O) groups is 1. The second-order valence-corrected chi connectivity index (χ2v) is 5.21. The zero-order valence-corrected chi connectivity index (χ0v) is 11.6. The SMILES string of the molecule is CC(C)(C)OC(=O)CC(N)c1ccc(OC(F)F)nc1. The van der Waals surface area contributed by atoms with Crippen LogP contribution in [0.15, 0.2) is 18.3 Å². The van der Waals surface area contributed by atoms with Gasteiger partial charge >= 0.3 is 12.6 Å². The summed E-state index contributed by atoms with van der Waals surface area (Å²) in [7, 11) is 0. The predicted molar refractivity (Wildman–Crippen MR) is 68.3 cm³/mol. The van der Waals surface area contributed by atoms with Gasteiger partial charge in [-0.15, -0.1) is 0 Å². The molecule has 1 rings (SSSR count). The Balaban J connectivity index is 2.59. The van der Waals surface area contributed by atoms with Crippen molar-refractivity contribution < 1.29 is 23.0 Å². The van der Waals surface area contributed by atoms with Crippen molar-refractivity contribution in [2.24, 2.45) is 5.73 Å². The highest BCUT2D eigenvalue weighted by Gasteiger charge is 2.19. The molecule has 0 fully saturated rings. The van der Waals surface area contributed by atoms with Crippen LogP contribution >= 0.6 is 0 Å². The number of carbonyl (C=O) groups excluding carboxylic acids is 1. The number of halogens is 2. The normalized spacial score (nSPS) is 13.2. The minimum Gasteiger partial charge on any atom is -0.460 e. The van der Waals surface area contributed by atoms with E-state index in [4.69, 9.17) is 10.5 Å². The average molecular weight is 288 g/mol. The number of nitrogens with two attached hydrogens (primary N) is 1. The minimum absolute atomic E-state index is 0.0198. The molecule has 0 spiro atoms. The summed E-state index contributed by atoms with van der Waals surface area (Å²) in [6, 6.07) is 2.15. The highest BCUT2D eigenvalue weighted by Crippen LogP contribution is 2.19. The van der Waals surface area contributed by atoms with Gasteiger partial charge in [0.2, 0.25) is 5.88 Å². The van der Waals surface area contributed by atoms with E-state index in [1.54, 1.807) is 20.8 Å². The molecule has 0 amide bonds. The summed E-state index contributed by atoms with van der Waals surface area (Å²) in [6.07, 6.45) is 1.28. The Morgan fingerprint density at radius 1 is 1.40 bits per heavy atom. The van der Waals surface area contributed by atoms with Crippen LogP contribution in [0, 0.1) is 0 Å². The first-order chi connectivity index (χ1) is 9.17. The molecule has 0 bridgehead atoms. The van der Waals surface area contributed by atoms with E-state index in [1.807, 2.05) is 0 Å². The van der Waals surface area contributed by atoms with Gasteiger partial charge in [-0.3, -0.25) is 4.79 Å². The van der Waals surface area contributed by atoms with Crippen LogP contribution in [-0.2, 0) is 9.53 Å². The number of hydrogen-bond acceptors (Lipinski definition) is 5. The smallest absolute Gasteiger partial charge is 0.388 e. The molecule has 0 aliphatic heterocycles. The Labute approximate surface area is 116 Å². The molecule has 0 saturated carbocycles. The summed E-state index contributed by atoms with van der Waals surface area (Å²) in [5, 5.41) is 0. The van der Waals surface area contributed by atoms with E-state index in [2.05, 4.69) is 9.72 Å². The van der Waals surface area contributed by atoms with Crippen molar-refractivity contribution in [3.05, 3.63) is 23.9 Å². The molecule has 1 aromatic rings. The number of rotatable bonds is 5. The maximum atomic E-state index is 12.0. The summed E-state index contributed by atoms with van der Waals surface area (Å²) in [5.74, 6) is -0.633. The molecule has 0 aromatic carbocycles. The van der Waals surface area contributed by atoms with Crippen molar-refractivity contribution in [2.75, 3.05) is 0 Å². The maximum Gasteiger partial charge on any atom is 0.388 e. The van der Waals surface area contributed by atoms with Gasteiger partial charge < -0.3 is 15.2 Å². The Bertz CT molecular complexity index is 444. The van der Waals surface area contributed by atoms with Gasteiger partial charge in [-0.25, -0.2) is 4.98 Å². The Morgan fingerprint density at radius 3 is 2.50 bits per heavy atom. The molecule has 1 atom stereocenters. The molecule has 0 aliphatic rings. The highest BCUT2D eigenvalue weighted by atomic mass is 19.3. The molecule has 20 heavy (non-hydrogen) atoms. The molecule has 1 aromatic heterocycles. The standard InChI is InChI=1S/C13H18F2N2O3/c1-13(2,3)20-11(18)6-9(16)8-4-5-10(17-7-8)19-12(14)15/h4-5,7,9,12H,6,16H2,1-3H3. The topological polar surface area (TPSA) is 74.4 Å². The zero-order chi connectivity index (χ0) is 15.3. The fourth-order valence-corrected chi connectivity index (χ4v) is 1.45. The largest absolute Gasteiger partial charge is 0.460 e. The third-order valence-corrected chi connectivity index (χ3v) is 2.20. The Morgan fingerprint density at radius 2 is 2.05 bits per heavy atom. The van der Waals surface area contributed by atoms with Gasteiger partial charge in [0.15, 0.2) is 0 Å². The summed E-state index contributed by atoms with van der Waals surface area (Å²) in [4.78, 5) is 15.3. The number of aromatic nitrogens is 1. The van der Waals surface area contributed by atoms with E-state index in [9.17, 15) is 13.6 Å². The average Bonchev–Trinajstić information content (AvgIpc) is 2.26. The van der Waals surface area contributed by atoms with Gasteiger partial charge in [-0.1, -0.05) is 6.07 Å². The van der Waals surface area contributed by atoms with Crippen LogP contribution in [-0.4, -0.2) is 23.2 Å². The second kappa shape index (κ2) is 6.60. The number of ether oxygens (including phenoxy) is 2. The Hall–Kier alpha value is -1.76. The number of hydrogen-bond donors (Lipinski definition) is 1. The first-order valence-corrected chi connectivity index (χ1v) is 6.05. The van der Waals surface area contributed by atoms with Gasteiger partial charge in [-0.05, 0) is 26.3 Å². The summed E-state index contributed by atoms with van der Waals surface area (Å²) < 4.78 is 33.2. The van der Waals surface area contributed by atoms with Crippen LogP contribution in [0.2, 0.25) is 0 Å². The Kier molecular flexibility index (Phi) is 5.38. The number of esters is 1. The lowest BCUT2D eigenvalue weighted by atomic mass is 10.1. The fraction of sp³-hybridized carbons (Fsp3) is 0.538. The molecule has 7 heteroatoms. The van der Waals surface area contributed by atoms with Crippen LogP contribution in [0.1, 0.15) is 38.8 Å². The first-order valence-electron chi connectivity index (χ1n) is 6.05. The van der Waals surface area contributed by atoms with Gasteiger partial charge in [0, 0.05) is 18.3 Å². The maximum absolute atomic E-state index is 12.0. The molecule has 2 N–H and O–H groups in total. The quantitative estimate of drug-likeness (QED) is 0.842. The molecule has 112 valence electrons. The van der Waals surface area contributed by atoms with Crippen molar-refractivity contribution in [3.63, 3.8) is 0 Å². The van der Waals surface area contributed by atoms with Crippen LogP contribution in [0.25, 0.3) is 0 Å². The summed E-state index contributed by atoms with van der Waals surface area (Å²) in [5.41, 5.74) is 5.80. The third-order valence-electron chi connectivity index (χ3n) is 2.20. The molecule has 0 aliphatic carbocycles. The van der Waals surface area contributed by atoms with Gasteiger partial charge in [0.25, 0.3) is 0 Å². The lowest BCUT2D eigenvalue weighted by molar-refractivity contribution is -0.155.